The largest absolute Gasteiger partial charge is 0.457 e. The minimum atomic E-state index is -1.65. The minimum absolute atomic E-state index is 0.0935. The third-order valence-corrected chi connectivity index (χ3v) is 3.71. The van der Waals surface area contributed by atoms with Gasteiger partial charge in [-0.15, -0.1) is 0 Å². The standard InChI is InChI=1S/C10H16O7.C6H12O5/c1-4-8(16-5(2)11)7(13)9(10(14)15-4)17-6(3)12;1-3(8)5(10)6(11)4(9)2-7/h4,7-10,13-14H,1-3H3;2-6,8-11H,1H3/t4-,7+,8-,9+,10+;/m0./s1. The molecule has 0 aromatic heterocycles. The highest BCUT2D eigenvalue weighted by Gasteiger charge is 2.46. The van der Waals surface area contributed by atoms with E-state index in [1.165, 1.54) is 20.8 Å². The molecule has 1 saturated heterocycles. The second-order valence-corrected chi connectivity index (χ2v) is 6.22. The van der Waals surface area contributed by atoms with Gasteiger partial charge in [0.25, 0.3) is 0 Å². The molecule has 6 N–H and O–H groups in total. The van der Waals surface area contributed by atoms with Crippen LogP contribution in [0.3, 0.4) is 0 Å². The van der Waals surface area contributed by atoms with Gasteiger partial charge in [-0.25, -0.2) is 0 Å². The summed E-state index contributed by atoms with van der Waals surface area (Å²) >= 11 is 0. The fourth-order valence-corrected chi connectivity index (χ4v) is 2.25. The Balaban J connectivity index is 0.000000576. The molecule has 28 heavy (non-hydrogen) atoms. The molecule has 0 amide bonds. The first-order valence-corrected chi connectivity index (χ1v) is 8.37. The van der Waals surface area contributed by atoms with E-state index in [0.29, 0.717) is 0 Å². The molecule has 164 valence electrons. The zero-order valence-electron chi connectivity index (χ0n) is 15.9. The van der Waals surface area contributed by atoms with Crippen LogP contribution in [0.25, 0.3) is 0 Å². The Morgan fingerprint density at radius 2 is 1.43 bits per heavy atom. The lowest BCUT2D eigenvalue weighted by molar-refractivity contribution is -0.285. The number of esters is 2. The summed E-state index contributed by atoms with van der Waals surface area (Å²) in [6.45, 7) is 5.10. The molecule has 1 aliphatic heterocycles. The molecule has 1 fully saturated rings. The molecule has 4 unspecified atom stereocenters. The van der Waals surface area contributed by atoms with Crippen LogP contribution in [0.15, 0.2) is 0 Å². The predicted octanol–water partition coefficient (Wildman–Crippen LogP) is -3.40. The van der Waals surface area contributed by atoms with Gasteiger partial charge in [0, 0.05) is 13.8 Å². The summed E-state index contributed by atoms with van der Waals surface area (Å²) in [6, 6.07) is 0. The van der Waals surface area contributed by atoms with Gasteiger partial charge in [-0.2, -0.15) is 0 Å². The van der Waals surface area contributed by atoms with E-state index < -0.39 is 67.1 Å². The van der Waals surface area contributed by atoms with Gasteiger partial charge in [-0.05, 0) is 13.8 Å². The van der Waals surface area contributed by atoms with Crippen molar-refractivity contribution in [1.82, 2.24) is 0 Å². The molecule has 0 bridgehead atoms. The van der Waals surface area contributed by atoms with E-state index in [1.54, 1.807) is 0 Å². The Bertz CT molecular complexity index is 482. The molecule has 0 radical (unpaired) electrons. The van der Waals surface area contributed by atoms with Gasteiger partial charge in [0.2, 0.25) is 0 Å². The quantitative estimate of drug-likeness (QED) is 0.187. The number of aliphatic hydroxyl groups excluding tert-OH is 6. The second-order valence-electron chi connectivity index (χ2n) is 6.22. The summed E-state index contributed by atoms with van der Waals surface area (Å²) in [5.41, 5.74) is 0. The van der Waals surface area contributed by atoms with Crippen LogP contribution >= 0.6 is 0 Å². The number of carbonyl (C=O) groups excluding carboxylic acids is 3. The molecule has 1 aliphatic rings. The molecule has 0 aliphatic carbocycles. The van der Waals surface area contributed by atoms with Gasteiger partial charge in [0.1, 0.15) is 24.4 Å². The fraction of sp³-hybridized carbons (Fsp3) is 0.812. The van der Waals surface area contributed by atoms with Gasteiger partial charge >= 0.3 is 11.9 Å². The zero-order valence-corrected chi connectivity index (χ0v) is 15.9. The first kappa shape index (κ1) is 26.3. The number of carbonyl (C=O) groups is 3. The minimum Gasteiger partial charge on any atom is -0.457 e. The van der Waals surface area contributed by atoms with Crippen LogP contribution in [0.1, 0.15) is 27.7 Å². The Kier molecular flexibility index (Phi) is 11.3. The van der Waals surface area contributed by atoms with Gasteiger partial charge < -0.3 is 49.6 Å². The van der Waals surface area contributed by atoms with E-state index in [0.717, 1.165) is 6.92 Å². The average Bonchev–Trinajstić information content (AvgIpc) is 2.60. The van der Waals surface area contributed by atoms with Crippen molar-refractivity contribution in [1.29, 1.82) is 0 Å². The van der Waals surface area contributed by atoms with Crippen molar-refractivity contribution in [2.45, 2.75) is 82.8 Å². The number of hydrogen-bond acceptors (Lipinski definition) is 12. The molecular formula is C16H28O12. The van der Waals surface area contributed by atoms with Crippen molar-refractivity contribution in [2.75, 3.05) is 0 Å². The predicted molar refractivity (Wildman–Crippen MR) is 89.4 cm³/mol. The molecule has 12 heteroatoms. The topological polar surface area (TPSA) is 200 Å². The molecule has 9 atom stereocenters. The lowest BCUT2D eigenvalue weighted by Gasteiger charge is -2.40. The van der Waals surface area contributed by atoms with Crippen LogP contribution in [0.2, 0.25) is 0 Å². The Morgan fingerprint density at radius 3 is 1.82 bits per heavy atom. The lowest BCUT2D eigenvalue weighted by Crippen LogP contribution is -2.59. The Hall–Kier alpha value is -1.67. The second kappa shape index (κ2) is 12.0. The molecule has 0 aromatic carbocycles. The highest BCUT2D eigenvalue weighted by atomic mass is 16.7. The van der Waals surface area contributed by atoms with Crippen LogP contribution < -0.4 is 0 Å². The number of hydrogen-bond donors (Lipinski definition) is 6. The van der Waals surface area contributed by atoms with Crippen LogP contribution in [0.4, 0.5) is 0 Å². The lowest BCUT2D eigenvalue weighted by atomic mass is 9.99. The monoisotopic (exact) mass is 412 g/mol. The Morgan fingerprint density at radius 1 is 0.964 bits per heavy atom. The third-order valence-electron chi connectivity index (χ3n) is 3.71. The van der Waals surface area contributed by atoms with Crippen LogP contribution in [0, 0.1) is 0 Å². The van der Waals surface area contributed by atoms with Crippen molar-refractivity contribution in [3.8, 4) is 0 Å². The van der Waals surface area contributed by atoms with Crippen LogP contribution in [-0.4, -0.2) is 104 Å². The molecule has 12 nitrogen and oxygen atoms in total. The highest BCUT2D eigenvalue weighted by Crippen LogP contribution is 2.24. The molecule has 0 spiro atoms. The van der Waals surface area contributed by atoms with E-state index in [2.05, 4.69) is 0 Å². The van der Waals surface area contributed by atoms with Crippen molar-refractivity contribution in [3.05, 3.63) is 0 Å². The molecule has 1 heterocycles. The summed E-state index contributed by atoms with van der Waals surface area (Å²) in [4.78, 5) is 31.5. The van der Waals surface area contributed by atoms with Crippen LogP contribution in [-0.2, 0) is 28.6 Å². The SMILES string of the molecule is CC(=O)O[C@@H]1[C@@H](O)[C@@H](OC(C)=O)[C@H](O)O[C@H]1C.CC(O)C(O)C(O)C(O)C=O. The van der Waals surface area contributed by atoms with Gasteiger partial charge in [-0.1, -0.05) is 0 Å². The van der Waals surface area contributed by atoms with E-state index in [4.69, 9.17) is 34.6 Å². The Labute approximate surface area is 161 Å². The fourth-order valence-electron chi connectivity index (χ4n) is 2.25. The maximum atomic E-state index is 10.9. The molecular weight excluding hydrogens is 384 g/mol. The first-order chi connectivity index (χ1) is 12.8. The number of aldehydes is 1. The third kappa shape index (κ3) is 8.14. The number of ether oxygens (including phenoxy) is 3. The normalized spacial score (nSPS) is 31.3. The highest BCUT2D eigenvalue weighted by molar-refractivity contribution is 5.67. The molecule has 0 aromatic rings. The van der Waals surface area contributed by atoms with Crippen LogP contribution in [0.5, 0.6) is 0 Å². The zero-order chi connectivity index (χ0) is 22.2. The van der Waals surface area contributed by atoms with Gasteiger partial charge in [-0.3, -0.25) is 9.59 Å². The molecule has 1 rings (SSSR count). The number of aliphatic hydroxyl groups is 6. The first-order valence-electron chi connectivity index (χ1n) is 8.37. The van der Waals surface area contributed by atoms with Crippen molar-refractivity contribution in [3.63, 3.8) is 0 Å². The summed E-state index contributed by atoms with van der Waals surface area (Å²) in [6.07, 6.45) is -11.6. The maximum absolute atomic E-state index is 10.9. The van der Waals surface area contributed by atoms with E-state index in [1.807, 2.05) is 0 Å². The van der Waals surface area contributed by atoms with Gasteiger partial charge in [0.15, 0.2) is 24.8 Å². The number of rotatable bonds is 6. The van der Waals surface area contributed by atoms with E-state index in [-0.39, 0.29) is 6.29 Å². The van der Waals surface area contributed by atoms with Gasteiger partial charge in [0.05, 0.1) is 12.2 Å². The summed E-state index contributed by atoms with van der Waals surface area (Å²) in [5, 5.41) is 54.5. The van der Waals surface area contributed by atoms with E-state index in [9.17, 15) is 24.6 Å². The van der Waals surface area contributed by atoms with Crippen molar-refractivity contribution < 1.29 is 59.2 Å². The summed E-state index contributed by atoms with van der Waals surface area (Å²) in [7, 11) is 0. The summed E-state index contributed by atoms with van der Waals surface area (Å²) < 4.78 is 14.6. The van der Waals surface area contributed by atoms with Crippen molar-refractivity contribution in [2.24, 2.45) is 0 Å². The van der Waals surface area contributed by atoms with Crippen molar-refractivity contribution >= 4 is 18.2 Å². The summed E-state index contributed by atoms with van der Waals surface area (Å²) in [5.74, 6) is -1.27. The average molecular weight is 412 g/mol. The van der Waals surface area contributed by atoms with E-state index >= 15 is 0 Å². The molecule has 0 saturated carbocycles. The maximum Gasteiger partial charge on any atom is 0.303 e. The smallest absolute Gasteiger partial charge is 0.303 e.